The number of carbonyl (C=O) groups is 1. The molecule has 25 heavy (non-hydrogen) atoms. The van der Waals surface area contributed by atoms with Gasteiger partial charge in [-0.3, -0.25) is 14.0 Å². The van der Waals surface area contributed by atoms with Crippen molar-refractivity contribution in [2.45, 2.75) is 38.6 Å². The maximum absolute atomic E-state index is 12.6. The van der Waals surface area contributed by atoms with E-state index in [0.29, 0.717) is 12.2 Å². The van der Waals surface area contributed by atoms with E-state index < -0.39 is 0 Å². The standard InChI is InChI=1S/C18H19N5O2/c1-2-13(15-10-23-8-4-7-19-18(23)22-15)20-16(24)12-9-11-5-3-6-14(11)21-17(12)25/h4,7-10,13H,2-3,5-6H2,1H3,(H,20,24)(H,21,25). The van der Waals surface area contributed by atoms with E-state index in [4.69, 9.17) is 0 Å². The summed E-state index contributed by atoms with van der Waals surface area (Å²) in [6.45, 7) is 1.97. The summed E-state index contributed by atoms with van der Waals surface area (Å²) < 4.78 is 1.81. The minimum atomic E-state index is -0.368. The predicted molar refractivity (Wildman–Crippen MR) is 92.6 cm³/mol. The first-order valence-corrected chi connectivity index (χ1v) is 8.51. The molecule has 128 valence electrons. The van der Waals surface area contributed by atoms with Crippen LogP contribution in [0.15, 0.2) is 35.5 Å². The van der Waals surface area contributed by atoms with Crippen LogP contribution in [0.4, 0.5) is 0 Å². The number of carbonyl (C=O) groups excluding carboxylic acids is 1. The van der Waals surface area contributed by atoms with E-state index in [1.807, 2.05) is 29.8 Å². The van der Waals surface area contributed by atoms with Crippen LogP contribution >= 0.6 is 0 Å². The van der Waals surface area contributed by atoms with Crippen LogP contribution in [-0.2, 0) is 12.8 Å². The molecule has 1 amide bonds. The number of hydrogen-bond donors (Lipinski definition) is 2. The van der Waals surface area contributed by atoms with Crippen LogP contribution in [0.1, 0.15) is 53.1 Å². The first-order chi connectivity index (χ1) is 12.2. The number of nitrogens with zero attached hydrogens (tertiary/aromatic N) is 3. The molecular formula is C18H19N5O2. The Hall–Kier alpha value is -2.96. The molecule has 7 nitrogen and oxygen atoms in total. The van der Waals surface area contributed by atoms with Crippen molar-refractivity contribution in [3.63, 3.8) is 0 Å². The average Bonchev–Trinajstić information content (AvgIpc) is 3.24. The third-order valence-electron chi connectivity index (χ3n) is 4.66. The van der Waals surface area contributed by atoms with Gasteiger partial charge in [0.05, 0.1) is 11.7 Å². The highest BCUT2D eigenvalue weighted by Gasteiger charge is 2.21. The van der Waals surface area contributed by atoms with Crippen LogP contribution in [0, 0.1) is 0 Å². The minimum absolute atomic E-state index is 0.168. The molecule has 0 radical (unpaired) electrons. The summed E-state index contributed by atoms with van der Waals surface area (Å²) in [7, 11) is 0. The van der Waals surface area contributed by atoms with Crippen molar-refractivity contribution in [1.29, 1.82) is 0 Å². The Morgan fingerprint density at radius 1 is 1.44 bits per heavy atom. The number of nitrogens with one attached hydrogen (secondary N) is 2. The van der Waals surface area contributed by atoms with E-state index in [0.717, 1.165) is 36.2 Å². The van der Waals surface area contributed by atoms with E-state index in [9.17, 15) is 9.59 Å². The highest BCUT2D eigenvalue weighted by atomic mass is 16.2. The van der Waals surface area contributed by atoms with Gasteiger partial charge in [-0.05, 0) is 43.4 Å². The lowest BCUT2D eigenvalue weighted by atomic mass is 10.1. The lowest BCUT2D eigenvalue weighted by Crippen LogP contribution is -2.33. The normalized spacial score (nSPS) is 14.4. The number of aromatic nitrogens is 4. The Labute approximate surface area is 144 Å². The molecule has 4 rings (SSSR count). The molecule has 1 unspecified atom stereocenters. The van der Waals surface area contributed by atoms with Gasteiger partial charge in [-0.15, -0.1) is 0 Å². The van der Waals surface area contributed by atoms with E-state index in [-0.39, 0.29) is 23.1 Å². The molecule has 0 aromatic carbocycles. The van der Waals surface area contributed by atoms with Crippen molar-refractivity contribution < 1.29 is 4.79 Å². The molecule has 0 fully saturated rings. The van der Waals surface area contributed by atoms with Gasteiger partial charge in [-0.2, -0.15) is 0 Å². The van der Waals surface area contributed by atoms with Crippen LogP contribution < -0.4 is 10.9 Å². The smallest absolute Gasteiger partial charge is 0.261 e. The molecule has 0 bridgehead atoms. The zero-order valence-corrected chi connectivity index (χ0v) is 14.0. The van der Waals surface area contributed by atoms with Gasteiger partial charge in [0.2, 0.25) is 5.78 Å². The molecule has 3 aromatic rings. The molecule has 1 atom stereocenters. The molecular weight excluding hydrogens is 318 g/mol. The second kappa shape index (κ2) is 6.16. The molecule has 3 heterocycles. The van der Waals surface area contributed by atoms with Gasteiger partial charge in [0, 0.05) is 24.3 Å². The molecule has 3 aromatic heterocycles. The van der Waals surface area contributed by atoms with E-state index in [1.165, 1.54) is 0 Å². The van der Waals surface area contributed by atoms with Crippen LogP contribution in [-0.4, -0.2) is 25.3 Å². The molecule has 0 spiro atoms. The predicted octanol–water partition coefficient (Wildman–Crippen LogP) is 1.79. The third-order valence-corrected chi connectivity index (χ3v) is 4.66. The first kappa shape index (κ1) is 15.6. The fourth-order valence-electron chi connectivity index (χ4n) is 3.32. The number of hydrogen-bond acceptors (Lipinski definition) is 4. The van der Waals surface area contributed by atoms with Gasteiger partial charge in [-0.1, -0.05) is 6.92 Å². The van der Waals surface area contributed by atoms with Gasteiger partial charge in [0.1, 0.15) is 5.56 Å². The lowest BCUT2D eigenvalue weighted by molar-refractivity contribution is 0.0933. The van der Waals surface area contributed by atoms with E-state index in [1.54, 1.807) is 12.3 Å². The monoisotopic (exact) mass is 337 g/mol. The van der Waals surface area contributed by atoms with Crippen molar-refractivity contribution in [3.8, 4) is 0 Å². The fraction of sp³-hybridized carbons (Fsp3) is 0.333. The van der Waals surface area contributed by atoms with Crippen molar-refractivity contribution in [2.24, 2.45) is 0 Å². The largest absolute Gasteiger partial charge is 0.343 e. The number of rotatable bonds is 4. The average molecular weight is 337 g/mol. The van der Waals surface area contributed by atoms with Gasteiger partial charge in [0.15, 0.2) is 0 Å². The second-order valence-electron chi connectivity index (χ2n) is 6.30. The van der Waals surface area contributed by atoms with Crippen LogP contribution in [0.5, 0.6) is 0 Å². The summed E-state index contributed by atoms with van der Waals surface area (Å²) in [5.74, 6) is 0.216. The second-order valence-corrected chi connectivity index (χ2v) is 6.30. The van der Waals surface area contributed by atoms with Gasteiger partial charge in [0.25, 0.3) is 11.5 Å². The zero-order valence-electron chi connectivity index (χ0n) is 14.0. The molecule has 2 N–H and O–H groups in total. The van der Waals surface area contributed by atoms with Crippen molar-refractivity contribution in [3.05, 3.63) is 63.6 Å². The number of H-pyrrole nitrogens is 1. The van der Waals surface area contributed by atoms with Gasteiger partial charge < -0.3 is 10.3 Å². The molecule has 0 saturated heterocycles. The lowest BCUT2D eigenvalue weighted by Gasteiger charge is -2.14. The maximum atomic E-state index is 12.6. The van der Waals surface area contributed by atoms with Crippen molar-refractivity contribution in [1.82, 2.24) is 24.7 Å². The van der Waals surface area contributed by atoms with Crippen LogP contribution in [0.3, 0.4) is 0 Å². The first-order valence-electron chi connectivity index (χ1n) is 8.51. The van der Waals surface area contributed by atoms with Crippen LogP contribution in [0.25, 0.3) is 5.78 Å². The number of pyridine rings is 1. The Morgan fingerprint density at radius 3 is 3.12 bits per heavy atom. The summed E-state index contributed by atoms with van der Waals surface area (Å²) in [6.07, 6.45) is 8.85. The number of aromatic amines is 1. The molecule has 1 aliphatic rings. The number of fused-ring (bicyclic) bond motifs is 2. The zero-order chi connectivity index (χ0) is 17.4. The summed E-state index contributed by atoms with van der Waals surface area (Å²) >= 11 is 0. The minimum Gasteiger partial charge on any atom is -0.343 e. The topological polar surface area (TPSA) is 92.2 Å². The SMILES string of the molecule is CCC(NC(=O)c1cc2c([nH]c1=O)CCC2)c1cn2cccnc2n1. The maximum Gasteiger partial charge on any atom is 0.261 e. The molecule has 7 heteroatoms. The van der Waals surface area contributed by atoms with Crippen LogP contribution in [0.2, 0.25) is 0 Å². The summed E-state index contributed by atoms with van der Waals surface area (Å²) in [5, 5.41) is 2.93. The third kappa shape index (κ3) is 2.82. The fourth-order valence-corrected chi connectivity index (χ4v) is 3.32. The summed E-state index contributed by atoms with van der Waals surface area (Å²) in [4.78, 5) is 36.4. The molecule has 0 saturated carbocycles. The highest BCUT2D eigenvalue weighted by molar-refractivity contribution is 5.94. The number of amides is 1. The summed E-state index contributed by atoms with van der Waals surface area (Å²) in [6, 6.07) is 3.28. The molecule has 0 aliphatic heterocycles. The van der Waals surface area contributed by atoms with E-state index >= 15 is 0 Å². The van der Waals surface area contributed by atoms with Gasteiger partial charge in [-0.25, -0.2) is 9.97 Å². The Bertz CT molecular complexity index is 971. The summed E-state index contributed by atoms with van der Waals surface area (Å²) in [5.41, 5.74) is 2.59. The Kier molecular flexibility index (Phi) is 3.83. The van der Waals surface area contributed by atoms with Crippen molar-refractivity contribution >= 4 is 11.7 Å². The number of imidazole rings is 1. The van der Waals surface area contributed by atoms with Crippen molar-refractivity contribution in [2.75, 3.05) is 0 Å². The quantitative estimate of drug-likeness (QED) is 0.759. The van der Waals surface area contributed by atoms with Gasteiger partial charge >= 0.3 is 0 Å². The number of aryl methyl sites for hydroxylation is 2. The Balaban J connectivity index is 1.61. The molecule has 1 aliphatic carbocycles. The Morgan fingerprint density at radius 2 is 2.32 bits per heavy atom. The van der Waals surface area contributed by atoms with E-state index in [2.05, 4.69) is 20.3 Å². The highest BCUT2D eigenvalue weighted by Crippen LogP contribution is 2.20.